The van der Waals surface area contributed by atoms with E-state index >= 15 is 0 Å². The van der Waals surface area contributed by atoms with Crippen molar-refractivity contribution in [1.29, 1.82) is 0 Å². The lowest BCUT2D eigenvalue weighted by molar-refractivity contribution is -0.136. The van der Waals surface area contributed by atoms with Gasteiger partial charge in [-0.25, -0.2) is 4.79 Å². The Balaban J connectivity index is 1.34. The molecule has 4 amide bonds. The predicted octanol–water partition coefficient (Wildman–Crippen LogP) is 3.25. The largest absolute Gasteiger partial charge is 0.493 e. The quantitative estimate of drug-likeness (QED) is 0.624. The lowest BCUT2D eigenvalue weighted by Gasteiger charge is -2.33. The molecule has 0 bridgehead atoms. The number of carbonyl (C=O) groups is 3. The van der Waals surface area contributed by atoms with Gasteiger partial charge < -0.3 is 15.4 Å². The number of benzene rings is 3. The number of para-hydroxylation sites is 1. The van der Waals surface area contributed by atoms with Gasteiger partial charge in [0.05, 0.1) is 12.6 Å². The highest BCUT2D eigenvalue weighted by molar-refractivity contribution is 6.09. The molecule has 2 aliphatic rings. The highest BCUT2D eigenvalue weighted by Gasteiger charge is 2.55. The SMILES string of the molecule is CC(NC(=O)CN1C(=O)NC2(CCOc3ccccc32)C1=O)c1cccc2ccccc12. The second-order valence-corrected chi connectivity index (χ2v) is 8.18. The zero-order chi connectivity index (χ0) is 22.3. The molecule has 3 aromatic rings. The van der Waals surface area contributed by atoms with Crippen LogP contribution >= 0.6 is 0 Å². The van der Waals surface area contributed by atoms with Crippen molar-refractivity contribution in [3.63, 3.8) is 0 Å². The molecule has 0 saturated carbocycles. The monoisotopic (exact) mass is 429 g/mol. The van der Waals surface area contributed by atoms with Gasteiger partial charge in [0.2, 0.25) is 5.91 Å². The molecule has 1 saturated heterocycles. The van der Waals surface area contributed by atoms with Crippen LogP contribution in [-0.2, 0) is 15.1 Å². The first kappa shape index (κ1) is 20.1. The molecular formula is C25H23N3O4. The van der Waals surface area contributed by atoms with Crippen LogP contribution in [0.5, 0.6) is 5.75 Å². The van der Waals surface area contributed by atoms with Crippen molar-refractivity contribution >= 4 is 28.6 Å². The molecule has 1 fully saturated rings. The van der Waals surface area contributed by atoms with E-state index in [9.17, 15) is 14.4 Å². The highest BCUT2D eigenvalue weighted by atomic mass is 16.5. The first-order chi connectivity index (χ1) is 15.5. The summed E-state index contributed by atoms with van der Waals surface area (Å²) in [5.74, 6) is -0.249. The first-order valence-electron chi connectivity index (χ1n) is 10.6. The maximum Gasteiger partial charge on any atom is 0.325 e. The second-order valence-electron chi connectivity index (χ2n) is 8.18. The zero-order valence-electron chi connectivity index (χ0n) is 17.6. The predicted molar refractivity (Wildman–Crippen MR) is 119 cm³/mol. The molecule has 2 unspecified atom stereocenters. The number of urea groups is 1. The van der Waals surface area contributed by atoms with Gasteiger partial charge >= 0.3 is 6.03 Å². The van der Waals surface area contributed by atoms with E-state index < -0.39 is 23.4 Å². The van der Waals surface area contributed by atoms with Crippen LogP contribution in [0.4, 0.5) is 4.79 Å². The van der Waals surface area contributed by atoms with Crippen LogP contribution in [-0.4, -0.2) is 35.9 Å². The number of imide groups is 1. The maximum absolute atomic E-state index is 13.3. The van der Waals surface area contributed by atoms with Crippen molar-refractivity contribution < 1.29 is 19.1 Å². The van der Waals surface area contributed by atoms with Gasteiger partial charge in [-0.1, -0.05) is 60.7 Å². The third kappa shape index (κ3) is 3.17. The van der Waals surface area contributed by atoms with Crippen LogP contribution in [0.25, 0.3) is 10.8 Å². The number of hydrogen-bond acceptors (Lipinski definition) is 4. The molecule has 0 aromatic heterocycles. The average Bonchev–Trinajstić information content (AvgIpc) is 3.03. The van der Waals surface area contributed by atoms with Crippen LogP contribution in [0.1, 0.15) is 30.5 Å². The number of ether oxygens (including phenoxy) is 1. The van der Waals surface area contributed by atoms with Crippen molar-refractivity contribution in [2.75, 3.05) is 13.2 Å². The molecule has 162 valence electrons. The summed E-state index contributed by atoms with van der Waals surface area (Å²) >= 11 is 0. The van der Waals surface area contributed by atoms with Crippen molar-refractivity contribution in [3.8, 4) is 5.75 Å². The highest BCUT2D eigenvalue weighted by Crippen LogP contribution is 2.40. The number of nitrogens with one attached hydrogen (secondary N) is 2. The number of amides is 4. The van der Waals surface area contributed by atoms with Crippen LogP contribution in [0.15, 0.2) is 66.7 Å². The normalized spacial score (nSPS) is 20.6. The Bertz CT molecular complexity index is 1240. The van der Waals surface area contributed by atoms with Gasteiger partial charge in [-0.15, -0.1) is 0 Å². The van der Waals surface area contributed by atoms with Crippen molar-refractivity contribution in [2.45, 2.75) is 24.9 Å². The third-order valence-electron chi connectivity index (χ3n) is 6.23. The fraction of sp³-hybridized carbons (Fsp3) is 0.240. The van der Waals surface area contributed by atoms with Gasteiger partial charge in [0.25, 0.3) is 5.91 Å². The molecule has 2 aliphatic heterocycles. The fourth-order valence-electron chi connectivity index (χ4n) is 4.65. The topological polar surface area (TPSA) is 87.7 Å². The molecule has 7 nitrogen and oxygen atoms in total. The number of fused-ring (bicyclic) bond motifs is 3. The minimum atomic E-state index is -1.19. The average molecular weight is 429 g/mol. The molecule has 5 rings (SSSR count). The van der Waals surface area contributed by atoms with Crippen molar-refractivity contribution in [2.24, 2.45) is 0 Å². The van der Waals surface area contributed by atoms with E-state index in [2.05, 4.69) is 10.6 Å². The number of rotatable bonds is 4. The minimum Gasteiger partial charge on any atom is -0.493 e. The maximum atomic E-state index is 13.3. The van der Waals surface area contributed by atoms with Gasteiger partial charge in [0, 0.05) is 12.0 Å². The number of hydrogen-bond donors (Lipinski definition) is 2. The van der Waals surface area contributed by atoms with E-state index in [0.717, 1.165) is 21.2 Å². The van der Waals surface area contributed by atoms with Crippen LogP contribution in [0.3, 0.4) is 0 Å². The third-order valence-corrected chi connectivity index (χ3v) is 6.23. The molecule has 3 aromatic carbocycles. The van der Waals surface area contributed by atoms with Crippen LogP contribution in [0.2, 0.25) is 0 Å². The molecule has 2 N–H and O–H groups in total. The van der Waals surface area contributed by atoms with E-state index in [1.54, 1.807) is 18.2 Å². The summed E-state index contributed by atoms with van der Waals surface area (Å²) in [6, 6.07) is 20.2. The second kappa shape index (κ2) is 7.67. The van der Waals surface area contributed by atoms with E-state index in [1.165, 1.54) is 0 Å². The van der Waals surface area contributed by atoms with Gasteiger partial charge in [-0.3, -0.25) is 14.5 Å². The molecule has 0 aliphatic carbocycles. The van der Waals surface area contributed by atoms with E-state index in [-0.39, 0.29) is 12.6 Å². The van der Waals surface area contributed by atoms with Gasteiger partial charge in [0.15, 0.2) is 5.54 Å². The van der Waals surface area contributed by atoms with Gasteiger partial charge in [-0.05, 0) is 29.3 Å². The van der Waals surface area contributed by atoms with Gasteiger partial charge in [0.1, 0.15) is 12.3 Å². The summed E-state index contributed by atoms with van der Waals surface area (Å²) in [7, 11) is 0. The summed E-state index contributed by atoms with van der Waals surface area (Å²) in [6.45, 7) is 1.85. The Morgan fingerprint density at radius 2 is 1.84 bits per heavy atom. The summed E-state index contributed by atoms with van der Waals surface area (Å²) < 4.78 is 5.65. The lowest BCUT2D eigenvalue weighted by atomic mass is 9.84. The number of carbonyl (C=O) groups excluding carboxylic acids is 3. The smallest absolute Gasteiger partial charge is 0.325 e. The Morgan fingerprint density at radius 3 is 2.72 bits per heavy atom. The molecule has 7 heteroatoms. The van der Waals surface area contributed by atoms with E-state index in [0.29, 0.717) is 24.3 Å². The van der Waals surface area contributed by atoms with Crippen molar-refractivity contribution in [1.82, 2.24) is 15.5 Å². The van der Waals surface area contributed by atoms with Gasteiger partial charge in [-0.2, -0.15) is 0 Å². The Hall–Kier alpha value is -3.87. The first-order valence-corrected chi connectivity index (χ1v) is 10.6. The van der Waals surface area contributed by atoms with Crippen molar-refractivity contribution in [3.05, 3.63) is 77.9 Å². The molecule has 0 radical (unpaired) electrons. The minimum absolute atomic E-state index is 0.285. The molecular weight excluding hydrogens is 406 g/mol. The number of nitrogens with zero attached hydrogens (tertiary/aromatic N) is 1. The lowest BCUT2D eigenvalue weighted by Crippen LogP contribution is -2.48. The summed E-state index contributed by atoms with van der Waals surface area (Å²) in [4.78, 5) is 39.8. The van der Waals surface area contributed by atoms with E-state index in [4.69, 9.17) is 4.74 Å². The summed E-state index contributed by atoms with van der Waals surface area (Å²) in [5, 5.41) is 7.88. The standard InChI is InChI=1S/C25H23N3O4/c1-16(18-10-6-8-17-7-2-3-9-19(17)18)26-22(29)15-28-23(30)25(27-24(28)31)13-14-32-21-12-5-4-11-20(21)25/h2-12,16H,13-15H2,1H3,(H,26,29)(H,27,31). The molecule has 1 spiro atoms. The Morgan fingerprint density at radius 1 is 1.09 bits per heavy atom. The van der Waals surface area contributed by atoms with Crippen LogP contribution in [0, 0.1) is 0 Å². The summed E-state index contributed by atoms with van der Waals surface area (Å²) in [6.07, 6.45) is 0.319. The molecule has 2 atom stereocenters. The molecule has 32 heavy (non-hydrogen) atoms. The zero-order valence-corrected chi connectivity index (χ0v) is 17.6. The van der Waals surface area contributed by atoms with E-state index in [1.807, 2.05) is 55.5 Å². The Labute approximate surface area is 185 Å². The summed E-state index contributed by atoms with van der Waals surface area (Å²) in [5.41, 5.74) is 0.410. The molecule has 2 heterocycles. The Kier molecular flexibility index (Phi) is 4.81. The fourth-order valence-corrected chi connectivity index (χ4v) is 4.65. The van der Waals surface area contributed by atoms with Crippen LogP contribution < -0.4 is 15.4 Å².